The topological polar surface area (TPSA) is 64.1 Å². The molecule has 0 aromatic carbocycles. The number of nitrogens with two attached hydrogens (primary N) is 2. The number of hydrogen-bond donors (Lipinski definition) is 3. The number of hydrogen-bond acceptors (Lipinski definition) is 3. The largest absolute Gasteiger partial charge is 0.330 e. The van der Waals surface area contributed by atoms with Gasteiger partial charge in [0.25, 0.3) is 0 Å². The molecule has 0 aliphatic rings. The lowest BCUT2D eigenvalue weighted by Crippen LogP contribution is -2.31. The van der Waals surface area contributed by atoms with Crippen LogP contribution in [0.4, 0.5) is 0 Å². The molecular formula is C9H23N3. The predicted octanol–water partition coefficient (Wildman–Crippen LogP) is 0.298. The van der Waals surface area contributed by atoms with Gasteiger partial charge in [-0.05, 0) is 38.8 Å². The SMILES string of the molecule is CC(N)CNCCCC(C)CN. The molecule has 0 aromatic rings. The molecule has 0 amide bonds. The molecular weight excluding hydrogens is 150 g/mol. The molecule has 12 heavy (non-hydrogen) atoms. The summed E-state index contributed by atoms with van der Waals surface area (Å²) in [5.41, 5.74) is 11.1. The molecule has 0 aliphatic heterocycles. The molecule has 0 saturated heterocycles. The maximum Gasteiger partial charge on any atom is 0.0136 e. The third-order valence-electron chi connectivity index (χ3n) is 1.92. The average Bonchev–Trinajstić information content (AvgIpc) is 2.03. The third-order valence-corrected chi connectivity index (χ3v) is 1.92. The quantitative estimate of drug-likeness (QED) is 0.485. The molecule has 0 bridgehead atoms. The molecule has 0 aliphatic carbocycles. The van der Waals surface area contributed by atoms with Crippen molar-refractivity contribution in [3.05, 3.63) is 0 Å². The van der Waals surface area contributed by atoms with Crippen molar-refractivity contribution in [3.63, 3.8) is 0 Å². The van der Waals surface area contributed by atoms with Crippen molar-refractivity contribution in [2.24, 2.45) is 17.4 Å². The summed E-state index contributed by atoms with van der Waals surface area (Å²) in [6.07, 6.45) is 2.41. The van der Waals surface area contributed by atoms with Crippen LogP contribution in [0.3, 0.4) is 0 Å². The summed E-state index contributed by atoms with van der Waals surface area (Å²) >= 11 is 0. The lowest BCUT2D eigenvalue weighted by Gasteiger charge is -2.09. The van der Waals surface area contributed by atoms with Crippen molar-refractivity contribution in [1.82, 2.24) is 5.32 Å². The van der Waals surface area contributed by atoms with Gasteiger partial charge in [0.2, 0.25) is 0 Å². The molecule has 0 rings (SSSR count). The molecule has 0 aromatic heterocycles. The van der Waals surface area contributed by atoms with E-state index in [9.17, 15) is 0 Å². The maximum absolute atomic E-state index is 5.58. The lowest BCUT2D eigenvalue weighted by molar-refractivity contribution is 0.494. The Bertz CT molecular complexity index is 93.8. The Morgan fingerprint density at radius 2 is 2.00 bits per heavy atom. The summed E-state index contributed by atoms with van der Waals surface area (Å²) in [5.74, 6) is 0.655. The molecule has 0 spiro atoms. The van der Waals surface area contributed by atoms with Crippen molar-refractivity contribution in [2.45, 2.75) is 32.7 Å². The van der Waals surface area contributed by atoms with Gasteiger partial charge in [0, 0.05) is 12.6 Å². The first-order valence-electron chi connectivity index (χ1n) is 4.83. The zero-order valence-electron chi connectivity index (χ0n) is 8.34. The van der Waals surface area contributed by atoms with Crippen molar-refractivity contribution >= 4 is 0 Å². The van der Waals surface area contributed by atoms with E-state index in [4.69, 9.17) is 11.5 Å². The maximum atomic E-state index is 5.58. The third kappa shape index (κ3) is 7.98. The van der Waals surface area contributed by atoms with Gasteiger partial charge in [0.1, 0.15) is 0 Å². The Morgan fingerprint density at radius 3 is 2.50 bits per heavy atom. The van der Waals surface area contributed by atoms with Gasteiger partial charge in [0.15, 0.2) is 0 Å². The van der Waals surface area contributed by atoms with E-state index in [1.54, 1.807) is 0 Å². The molecule has 0 radical (unpaired) electrons. The van der Waals surface area contributed by atoms with E-state index in [2.05, 4.69) is 12.2 Å². The predicted molar refractivity (Wildman–Crippen MR) is 54.0 cm³/mol. The van der Waals surface area contributed by atoms with E-state index >= 15 is 0 Å². The first kappa shape index (κ1) is 11.9. The van der Waals surface area contributed by atoms with E-state index < -0.39 is 0 Å². The zero-order chi connectivity index (χ0) is 9.40. The molecule has 5 N–H and O–H groups in total. The molecule has 74 valence electrons. The van der Waals surface area contributed by atoms with E-state index in [0.717, 1.165) is 19.6 Å². The summed E-state index contributed by atoms with van der Waals surface area (Å²) in [7, 11) is 0. The van der Waals surface area contributed by atoms with Gasteiger partial charge in [0.05, 0.1) is 0 Å². The van der Waals surface area contributed by atoms with Crippen LogP contribution < -0.4 is 16.8 Å². The van der Waals surface area contributed by atoms with Gasteiger partial charge < -0.3 is 16.8 Å². The van der Waals surface area contributed by atoms with E-state index in [0.29, 0.717) is 5.92 Å². The van der Waals surface area contributed by atoms with Crippen LogP contribution in [0.25, 0.3) is 0 Å². The summed E-state index contributed by atoms with van der Waals surface area (Å²) < 4.78 is 0. The Labute approximate surface area is 75.9 Å². The fourth-order valence-corrected chi connectivity index (χ4v) is 1.02. The Morgan fingerprint density at radius 1 is 1.33 bits per heavy atom. The van der Waals surface area contributed by atoms with Gasteiger partial charge >= 0.3 is 0 Å². The second-order valence-electron chi connectivity index (χ2n) is 3.66. The van der Waals surface area contributed by atoms with Gasteiger partial charge in [-0.3, -0.25) is 0 Å². The fraction of sp³-hybridized carbons (Fsp3) is 1.00. The highest BCUT2D eigenvalue weighted by atomic mass is 14.9. The van der Waals surface area contributed by atoms with Crippen molar-refractivity contribution in [3.8, 4) is 0 Å². The Balaban J connectivity index is 3.00. The van der Waals surface area contributed by atoms with Gasteiger partial charge in [-0.1, -0.05) is 6.92 Å². The van der Waals surface area contributed by atoms with Gasteiger partial charge in [-0.15, -0.1) is 0 Å². The van der Waals surface area contributed by atoms with Gasteiger partial charge in [-0.25, -0.2) is 0 Å². The number of rotatable bonds is 7. The molecule has 2 atom stereocenters. The summed E-state index contributed by atoms with van der Waals surface area (Å²) in [5, 5.41) is 3.30. The smallest absolute Gasteiger partial charge is 0.0136 e. The molecule has 0 saturated carbocycles. The second kappa shape index (κ2) is 7.53. The summed E-state index contributed by atoms with van der Waals surface area (Å²) in [6.45, 7) is 6.97. The van der Waals surface area contributed by atoms with Crippen molar-refractivity contribution in [1.29, 1.82) is 0 Å². The van der Waals surface area contributed by atoms with Crippen LogP contribution >= 0.6 is 0 Å². The van der Waals surface area contributed by atoms with Crippen LogP contribution in [0.1, 0.15) is 26.7 Å². The van der Waals surface area contributed by atoms with E-state index in [1.807, 2.05) is 6.92 Å². The highest BCUT2D eigenvalue weighted by Gasteiger charge is 1.98. The summed E-state index contributed by atoms with van der Waals surface area (Å²) in [4.78, 5) is 0. The molecule has 2 unspecified atom stereocenters. The van der Waals surface area contributed by atoms with Crippen LogP contribution in [-0.2, 0) is 0 Å². The Hall–Kier alpha value is -0.120. The molecule has 3 nitrogen and oxygen atoms in total. The van der Waals surface area contributed by atoms with Crippen LogP contribution in [0, 0.1) is 5.92 Å². The number of nitrogens with one attached hydrogen (secondary N) is 1. The highest BCUT2D eigenvalue weighted by Crippen LogP contribution is 2.01. The van der Waals surface area contributed by atoms with Crippen LogP contribution in [0.2, 0.25) is 0 Å². The normalized spacial score (nSPS) is 16.0. The standard InChI is InChI=1S/C9H23N3/c1-8(6-10)4-3-5-12-7-9(2)11/h8-9,12H,3-7,10-11H2,1-2H3. The minimum absolute atomic E-state index is 0.261. The first-order chi connectivity index (χ1) is 5.66. The zero-order valence-corrected chi connectivity index (χ0v) is 8.34. The fourth-order valence-electron chi connectivity index (χ4n) is 1.02. The Kier molecular flexibility index (Phi) is 7.45. The van der Waals surface area contributed by atoms with E-state index in [-0.39, 0.29) is 6.04 Å². The minimum atomic E-state index is 0.261. The van der Waals surface area contributed by atoms with Crippen molar-refractivity contribution < 1.29 is 0 Å². The minimum Gasteiger partial charge on any atom is -0.330 e. The molecule has 0 heterocycles. The summed E-state index contributed by atoms with van der Waals surface area (Å²) in [6, 6.07) is 0.261. The first-order valence-corrected chi connectivity index (χ1v) is 4.83. The van der Waals surface area contributed by atoms with Crippen LogP contribution in [0.5, 0.6) is 0 Å². The second-order valence-corrected chi connectivity index (χ2v) is 3.66. The van der Waals surface area contributed by atoms with Gasteiger partial charge in [-0.2, -0.15) is 0 Å². The van der Waals surface area contributed by atoms with Crippen LogP contribution in [0.15, 0.2) is 0 Å². The van der Waals surface area contributed by atoms with Crippen molar-refractivity contribution in [2.75, 3.05) is 19.6 Å². The molecule has 3 heteroatoms. The average molecular weight is 173 g/mol. The molecule has 0 fully saturated rings. The van der Waals surface area contributed by atoms with Crippen LogP contribution in [-0.4, -0.2) is 25.7 Å². The lowest BCUT2D eigenvalue weighted by atomic mass is 10.1. The highest BCUT2D eigenvalue weighted by molar-refractivity contribution is 4.59. The van der Waals surface area contributed by atoms with E-state index in [1.165, 1.54) is 12.8 Å². The monoisotopic (exact) mass is 173 g/mol.